The van der Waals surface area contributed by atoms with E-state index in [9.17, 15) is 19.5 Å². The molecule has 1 atom stereocenters. The van der Waals surface area contributed by atoms with Gasteiger partial charge in [0.05, 0.1) is 0 Å². The first kappa shape index (κ1) is 21.4. The number of piperidine rings is 1. The molecular weight excluding hydrogens is 382 g/mol. The number of hydrogen-bond acceptors (Lipinski definition) is 4. The number of carbonyl (C=O) groups excluding carboxylic acids is 3. The van der Waals surface area contributed by atoms with Gasteiger partial charge in [-0.1, -0.05) is 36.4 Å². The molecule has 0 radical (unpaired) electrons. The van der Waals surface area contributed by atoms with Crippen LogP contribution in [0.25, 0.3) is 0 Å². The molecule has 30 heavy (non-hydrogen) atoms. The lowest BCUT2D eigenvalue weighted by atomic mass is 10.0. The average Bonchev–Trinajstić information content (AvgIpc) is 2.75. The van der Waals surface area contributed by atoms with Crippen LogP contribution in [0.2, 0.25) is 0 Å². The summed E-state index contributed by atoms with van der Waals surface area (Å²) in [6.07, 6.45) is 2.77. The summed E-state index contributed by atoms with van der Waals surface area (Å²) < 4.78 is 0. The largest absolute Gasteiger partial charge is 0.508 e. The van der Waals surface area contributed by atoms with Gasteiger partial charge in [-0.2, -0.15) is 0 Å². The quantitative estimate of drug-likeness (QED) is 0.583. The van der Waals surface area contributed by atoms with Crippen molar-refractivity contribution in [3.8, 4) is 5.75 Å². The monoisotopic (exact) mass is 409 g/mol. The summed E-state index contributed by atoms with van der Waals surface area (Å²) in [6.45, 7) is 1.34. The van der Waals surface area contributed by atoms with Gasteiger partial charge in [0, 0.05) is 31.6 Å². The number of hydrogen-bond donors (Lipinski definition) is 3. The third kappa shape index (κ3) is 5.59. The predicted octanol–water partition coefficient (Wildman–Crippen LogP) is 2.38. The number of aromatic hydroxyl groups is 1. The van der Waals surface area contributed by atoms with Gasteiger partial charge >= 0.3 is 0 Å². The maximum Gasteiger partial charge on any atom is 0.251 e. The maximum absolute atomic E-state index is 12.9. The zero-order valence-electron chi connectivity index (χ0n) is 16.8. The molecule has 3 N–H and O–H groups in total. The van der Waals surface area contributed by atoms with Crippen LogP contribution in [0.4, 0.5) is 0 Å². The number of likely N-dealkylation sites (tertiary alicyclic amines) is 1. The molecule has 0 aromatic heterocycles. The lowest BCUT2D eigenvalue weighted by Gasteiger charge is -2.34. The standard InChI is InChI=1S/C23H27N3O4/c27-19-11-6-10-18(16-19)22(29)24-13-7-14-25-23(30)21(17-8-2-1-3-9-17)26-15-5-4-12-20(26)28/h1-3,6,8-11,16,21,27H,4-5,7,12-15H2,(H,24,29)(H,25,30). The average molecular weight is 409 g/mol. The van der Waals surface area contributed by atoms with Crippen LogP contribution in [0.15, 0.2) is 54.6 Å². The summed E-state index contributed by atoms with van der Waals surface area (Å²) >= 11 is 0. The minimum Gasteiger partial charge on any atom is -0.508 e. The Morgan fingerprint density at radius 3 is 2.50 bits per heavy atom. The summed E-state index contributed by atoms with van der Waals surface area (Å²) in [4.78, 5) is 39.1. The summed E-state index contributed by atoms with van der Waals surface area (Å²) in [6, 6.07) is 14.8. The molecule has 0 aliphatic carbocycles. The van der Waals surface area contributed by atoms with E-state index in [2.05, 4.69) is 10.6 Å². The van der Waals surface area contributed by atoms with E-state index in [0.717, 1.165) is 18.4 Å². The van der Waals surface area contributed by atoms with E-state index in [-0.39, 0.29) is 23.5 Å². The van der Waals surface area contributed by atoms with E-state index in [1.54, 1.807) is 17.0 Å². The third-order valence-corrected chi connectivity index (χ3v) is 5.08. The Labute approximate surface area is 176 Å². The molecule has 1 aliphatic heterocycles. The number of nitrogens with zero attached hydrogens (tertiary/aromatic N) is 1. The summed E-state index contributed by atoms with van der Waals surface area (Å²) in [5.41, 5.74) is 1.18. The highest BCUT2D eigenvalue weighted by Gasteiger charge is 2.32. The van der Waals surface area contributed by atoms with Gasteiger partial charge in [0.15, 0.2) is 0 Å². The van der Waals surface area contributed by atoms with Gasteiger partial charge in [0.2, 0.25) is 11.8 Å². The Hall–Kier alpha value is -3.35. The lowest BCUT2D eigenvalue weighted by Crippen LogP contribution is -2.46. The normalized spacial score (nSPS) is 14.8. The molecule has 1 fully saturated rings. The van der Waals surface area contributed by atoms with E-state index >= 15 is 0 Å². The highest BCUT2D eigenvalue weighted by molar-refractivity contribution is 5.94. The van der Waals surface area contributed by atoms with Crippen molar-refractivity contribution in [1.82, 2.24) is 15.5 Å². The molecule has 7 nitrogen and oxygen atoms in total. The minimum absolute atomic E-state index is 0.00336. The highest BCUT2D eigenvalue weighted by atomic mass is 16.3. The van der Waals surface area contributed by atoms with Crippen molar-refractivity contribution in [2.24, 2.45) is 0 Å². The van der Waals surface area contributed by atoms with Gasteiger partial charge in [-0.25, -0.2) is 0 Å². The summed E-state index contributed by atoms with van der Waals surface area (Å²) in [7, 11) is 0. The Kier molecular flexibility index (Phi) is 7.43. The van der Waals surface area contributed by atoms with Crippen molar-refractivity contribution in [1.29, 1.82) is 0 Å². The van der Waals surface area contributed by atoms with E-state index in [0.29, 0.717) is 38.0 Å². The summed E-state index contributed by atoms with van der Waals surface area (Å²) in [5.74, 6) is -0.452. The van der Waals surface area contributed by atoms with Gasteiger partial charge in [-0.15, -0.1) is 0 Å². The molecule has 1 heterocycles. The van der Waals surface area contributed by atoms with Crippen LogP contribution in [0.1, 0.15) is 47.6 Å². The molecule has 3 amide bonds. The van der Waals surface area contributed by atoms with Crippen LogP contribution < -0.4 is 10.6 Å². The molecule has 0 spiro atoms. The Bertz CT molecular complexity index is 885. The molecule has 1 aliphatic rings. The van der Waals surface area contributed by atoms with Crippen molar-refractivity contribution in [2.45, 2.75) is 31.7 Å². The van der Waals surface area contributed by atoms with Gasteiger partial charge in [-0.05, 0) is 43.0 Å². The maximum atomic E-state index is 12.9. The smallest absolute Gasteiger partial charge is 0.251 e. The fraction of sp³-hybridized carbons (Fsp3) is 0.348. The molecule has 2 aromatic carbocycles. The topological polar surface area (TPSA) is 98.7 Å². The fourth-order valence-electron chi connectivity index (χ4n) is 3.56. The first-order valence-corrected chi connectivity index (χ1v) is 10.3. The highest BCUT2D eigenvalue weighted by Crippen LogP contribution is 2.25. The zero-order chi connectivity index (χ0) is 21.3. The van der Waals surface area contributed by atoms with Crippen molar-refractivity contribution >= 4 is 17.7 Å². The molecule has 0 saturated carbocycles. The van der Waals surface area contributed by atoms with E-state index in [4.69, 9.17) is 0 Å². The molecule has 7 heteroatoms. The first-order valence-electron chi connectivity index (χ1n) is 10.3. The van der Waals surface area contributed by atoms with Crippen molar-refractivity contribution < 1.29 is 19.5 Å². The van der Waals surface area contributed by atoms with Crippen molar-refractivity contribution in [3.63, 3.8) is 0 Å². The Balaban J connectivity index is 1.52. The lowest BCUT2D eigenvalue weighted by molar-refractivity contribution is -0.142. The van der Waals surface area contributed by atoms with E-state index < -0.39 is 6.04 Å². The molecule has 0 bridgehead atoms. The number of rotatable bonds is 8. The van der Waals surface area contributed by atoms with Crippen LogP contribution in [-0.4, -0.2) is 47.4 Å². The summed E-state index contributed by atoms with van der Waals surface area (Å²) in [5, 5.41) is 15.1. The van der Waals surface area contributed by atoms with E-state index in [1.807, 2.05) is 30.3 Å². The number of phenolic OH excluding ortho intramolecular Hbond substituents is 1. The third-order valence-electron chi connectivity index (χ3n) is 5.08. The number of phenols is 1. The van der Waals surface area contributed by atoms with Crippen LogP contribution in [-0.2, 0) is 9.59 Å². The Morgan fingerprint density at radius 1 is 1.00 bits per heavy atom. The predicted molar refractivity (Wildman–Crippen MR) is 113 cm³/mol. The molecular formula is C23H27N3O4. The molecule has 1 unspecified atom stereocenters. The van der Waals surface area contributed by atoms with Crippen LogP contribution in [0.3, 0.4) is 0 Å². The molecule has 158 valence electrons. The van der Waals surface area contributed by atoms with Crippen LogP contribution in [0.5, 0.6) is 5.75 Å². The van der Waals surface area contributed by atoms with E-state index in [1.165, 1.54) is 12.1 Å². The second kappa shape index (κ2) is 10.4. The molecule has 3 rings (SSSR count). The van der Waals surface area contributed by atoms with Gasteiger partial charge in [-0.3, -0.25) is 14.4 Å². The first-order chi connectivity index (χ1) is 14.6. The van der Waals surface area contributed by atoms with Gasteiger partial charge in [0.1, 0.15) is 11.8 Å². The molecule has 1 saturated heterocycles. The number of amides is 3. The fourth-order valence-corrected chi connectivity index (χ4v) is 3.56. The van der Waals surface area contributed by atoms with Crippen molar-refractivity contribution in [3.05, 3.63) is 65.7 Å². The minimum atomic E-state index is -0.638. The van der Waals surface area contributed by atoms with Crippen molar-refractivity contribution in [2.75, 3.05) is 19.6 Å². The number of nitrogens with one attached hydrogen (secondary N) is 2. The Morgan fingerprint density at radius 2 is 1.77 bits per heavy atom. The SMILES string of the molecule is O=C(NCCCNC(=O)C(c1ccccc1)N1CCCCC1=O)c1cccc(O)c1. The second-order valence-electron chi connectivity index (χ2n) is 7.31. The number of carbonyl (C=O) groups is 3. The van der Waals surface area contributed by atoms with Gasteiger partial charge < -0.3 is 20.6 Å². The second-order valence-corrected chi connectivity index (χ2v) is 7.31. The number of benzene rings is 2. The van der Waals surface area contributed by atoms with Gasteiger partial charge in [0.25, 0.3) is 5.91 Å². The van der Waals surface area contributed by atoms with Crippen LogP contribution >= 0.6 is 0 Å². The zero-order valence-corrected chi connectivity index (χ0v) is 16.8. The molecule has 2 aromatic rings. The van der Waals surface area contributed by atoms with Crippen LogP contribution in [0, 0.1) is 0 Å².